The summed E-state index contributed by atoms with van der Waals surface area (Å²) in [6.07, 6.45) is 1.89. The molecule has 0 aliphatic heterocycles. The highest BCUT2D eigenvalue weighted by Gasteiger charge is 1.97. The van der Waals surface area contributed by atoms with Gasteiger partial charge < -0.3 is 15.2 Å². The lowest BCUT2D eigenvalue weighted by molar-refractivity contribution is 0.247. The van der Waals surface area contributed by atoms with Crippen molar-refractivity contribution in [2.24, 2.45) is 0 Å². The highest BCUT2D eigenvalue weighted by molar-refractivity contribution is 5.43. The topological polar surface area (TPSA) is 44.5 Å². The van der Waals surface area contributed by atoms with Crippen molar-refractivity contribution >= 4 is 5.69 Å². The molecule has 0 heterocycles. The van der Waals surface area contributed by atoms with Crippen LogP contribution >= 0.6 is 0 Å². The smallest absolute Gasteiger partial charge is 0.121 e. The average Bonchev–Trinajstić information content (AvgIpc) is 2.48. The van der Waals surface area contributed by atoms with Crippen LogP contribution in [0, 0.1) is 0 Å². The Labute approximate surface area is 120 Å². The number of benzene rings is 2. The number of hydrogen-bond donors (Lipinski definition) is 1. The predicted molar refractivity (Wildman–Crippen MR) is 82.3 cm³/mol. The van der Waals surface area contributed by atoms with E-state index in [9.17, 15) is 0 Å². The Bertz CT molecular complexity index is 523. The summed E-state index contributed by atoms with van der Waals surface area (Å²) in [5, 5.41) is 0. The summed E-state index contributed by atoms with van der Waals surface area (Å²) in [5.41, 5.74) is 7.72. The number of aryl methyl sites for hydroxylation is 1. The Balaban J connectivity index is 1.66. The van der Waals surface area contributed by atoms with Gasteiger partial charge in [-0.2, -0.15) is 0 Å². The first-order valence-corrected chi connectivity index (χ1v) is 6.98. The highest BCUT2D eigenvalue weighted by atomic mass is 16.5. The number of rotatable bonds is 7. The fourth-order valence-corrected chi connectivity index (χ4v) is 1.86. The molecule has 0 unspecified atom stereocenters. The maximum atomic E-state index is 5.68. The van der Waals surface area contributed by atoms with Crippen LogP contribution in [0.25, 0.3) is 0 Å². The van der Waals surface area contributed by atoms with E-state index >= 15 is 0 Å². The normalized spacial score (nSPS) is 10.2. The third kappa shape index (κ3) is 4.50. The molecule has 20 heavy (non-hydrogen) atoms. The van der Waals surface area contributed by atoms with Crippen LogP contribution in [-0.4, -0.2) is 13.2 Å². The maximum absolute atomic E-state index is 5.68. The molecule has 0 aliphatic rings. The van der Waals surface area contributed by atoms with Crippen molar-refractivity contribution in [3.8, 4) is 11.5 Å². The molecule has 2 rings (SSSR count). The molecule has 0 aromatic heterocycles. The van der Waals surface area contributed by atoms with E-state index in [1.54, 1.807) is 0 Å². The lowest BCUT2D eigenvalue weighted by Crippen LogP contribution is -2.05. The van der Waals surface area contributed by atoms with Gasteiger partial charge in [0.05, 0.1) is 13.2 Å². The van der Waals surface area contributed by atoms with E-state index in [0.29, 0.717) is 13.2 Å². The monoisotopic (exact) mass is 271 g/mol. The Hall–Kier alpha value is -2.16. The van der Waals surface area contributed by atoms with Crippen LogP contribution in [0.1, 0.15) is 18.9 Å². The minimum absolute atomic E-state index is 0.622. The van der Waals surface area contributed by atoms with Gasteiger partial charge in [0.2, 0.25) is 0 Å². The van der Waals surface area contributed by atoms with Gasteiger partial charge in [0.25, 0.3) is 0 Å². The summed E-state index contributed by atoms with van der Waals surface area (Å²) in [6.45, 7) is 3.41. The first-order valence-electron chi connectivity index (χ1n) is 6.98. The Morgan fingerprint density at radius 2 is 1.60 bits per heavy atom. The summed E-state index contributed by atoms with van der Waals surface area (Å²) >= 11 is 0. The van der Waals surface area contributed by atoms with Gasteiger partial charge in [0, 0.05) is 18.2 Å². The fourth-order valence-electron chi connectivity index (χ4n) is 1.86. The zero-order chi connectivity index (χ0) is 14.2. The van der Waals surface area contributed by atoms with Crippen molar-refractivity contribution in [2.75, 3.05) is 18.9 Å². The predicted octanol–water partition coefficient (Wildman–Crippen LogP) is 3.68. The van der Waals surface area contributed by atoms with Crippen molar-refractivity contribution in [1.82, 2.24) is 0 Å². The first kappa shape index (κ1) is 14.3. The van der Waals surface area contributed by atoms with Gasteiger partial charge in [-0.3, -0.25) is 0 Å². The first-order chi connectivity index (χ1) is 9.78. The molecule has 0 spiro atoms. The Morgan fingerprint density at radius 1 is 0.900 bits per heavy atom. The molecule has 0 saturated heterocycles. The molecule has 3 heteroatoms. The maximum Gasteiger partial charge on any atom is 0.121 e. The van der Waals surface area contributed by atoms with Crippen LogP contribution in [0.4, 0.5) is 5.69 Å². The van der Waals surface area contributed by atoms with Crippen molar-refractivity contribution in [1.29, 1.82) is 0 Å². The highest BCUT2D eigenvalue weighted by Crippen LogP contribution is 2.15. The second-order valence-electron chi connectivity index (χ2n) is 4.62. The van der Waals surface area contributed by atoms with Crippen molar-refractivity contribution < 1.29 is 9.47 Å². The zero-order valence-corrected chi connectivity index (χ0v) is 11.8. The molecule has 0 atom stereocenters. The van der Waals surface area contributed by atoms with E-state index in [1.807, 2.05) is 36.4 Å². The van der Waals surface area contributed by atoms with Crippen LogP contribution in [-0.2, 0) is 6.42 Å². The van der Waals surface area contributed by atoms with Gasteiger partial charge in [0.15, 0.2) is 0 Å². The van der Waals surface area contributed by atoms with Crippen LogP contribution in [0.15, 0.2) is 48.5 Å². The number of anilines is 1. The summed E-state index contributed by atoms with van der Waals surface area (Å²) in [5.74, 6) is 1.71. The minimum Gasteiger partial charge on any atom is -0.493 e. The van der Waals surface area contributed by atoms with Crippen LogP contribution < -0.4 is 15.2 Å². The van der Waals surface area contributed by atoms with Crippen LogP contribution in [0.3, 0.4) is 0 Å². The van der Waals surface area contributed by atoms with E-state index < -0.39 is 0 Å². The molecule has 106 valence electrons. The molecule has 0 fully saturated rings. The molecule has 3 nitrogen and oxygen atoms in total. The average molecular weight is 271 g/mol. The molecule has 0 radical (unpaired) electrons. The standard InChI is InChI=1S/C17H21NO2/c1-2-14-7-9-16(10-8-14)19-11-4-12-20-17-6-3-5-15(18)13-17/h3,5-10,13H,2,4,11-12,18H2,1H3. The third-order valence-electron chi connectivity index (χ3n) is 3.02. The third-order valence-corrected chi connectivity index (χ3v) is 3.02. The van der Waals surface area contributed by atoms with E-state index in [0.717, 1.165) is 30.0 Å². The van der Waals surface area contributed by atoms with E-state index in [4.69, 9.17) is 15.2 Å². The van der Waals surface area contributed by atoms with Gasteiger partial charge in [-0.05, 0) is 36.2 Å². The van der Waals surface area contributed by atoms with E-state index in [1.165, 1.54) is 5.56 Å². The molecule has 2 aromatic rings. The molecule has 2 N–H and O–H groups in total. The summed E-state index contributed by atoms with van der Waals surface area (Å²) in [4.78, 5) is 0. The lowest BCUT2D eigenvalue weighted by atomic mass is 10.2. The zero-order valence-electron chi connectivity index (χ0n) is 11.8. The molecule has 0 bridgehead atoms. The van der Waals surface area contributed by atoms with Gasteiger partial charge in [-0.25, -0.2) is 0 Å². The molecule has 0 aliphatic carbocycles. The molecular formula is C17H21NO2. The molecule has 0 saturated carbocycles. The van der Waals surface area contributed by atoms with E-state index in [2.05, 4.69) is 19.1 Å². The van der Waals surface area contributed by atoms with Crippen LogP contribution in [0.5, 0.6) is 11.5 Å². The fraction of sp³-hybridized carbons (Fsp3) is 0.294. The second kappa shape index (κ2) is 7.43. The van der Waals surface area contributed by atoms with Gasteiger partial charge in [-0.15, -0.1) is 0 Å². The van der Waals surface area contributed by atoms with Crippen molar-refractivity contribution in [2.45, 2.75) is 19.8 Å². The Morgan fingerprint density at radius 3 is 2.25 bits per heavy atom. The summed E-state index contributed by atoms with van der Waals surface area (Å²) in [6, 6.07) is 15.7. The summed E-state index contributed by atoms with van der Waals surface area (Å²) in [7, 11) is 0. The van der Waals surface area contributed by atoms with E-state index in [-0.39, 0.29) is 0 Å². The molecular weight excluding hydrogens is 250 g/mol. The van der Waals surface area contributed by atoms with Gasteiger partial charge >= 0.3 is 0 Å². The molecule has 0 amide bonds. The van der Waals surface area contributed by atoms with Crippen LogP contribution in [0.2, 0.25) is 0 Å². The summed E-state index contributed by atoms with van der Waals surface area (Å²) < 4.78 is 11.3. The lowest BCUT2D eigenvalue weighted by Gasteiger charge is -2.08. The van der Waals surface area contributed by atoms with Crippen molar-refractivity contribution in [3.05, 3.63) is 54.1 Å². The quantitative estimate of drug-likeness (QED) is 0.617. The minimum atomic E-state index is 0.622. The number of nitrogens with two attached hydrogens (primary N) is 1. The van der Waals surface area contributed by atoms with Crippen molar-refractivity contribution in [3.63, 3.8) is 0 Å². The van der Waals surface area contributed by atoms with Gasteiger partial charge in [-0.1, -0.05) is 25.1 Å². The second-order valence-corrected chi connectivity index (χ2v) is 4.62. The number of ether oxygens (including phenoxy) is 2. The Kier molecular flexibility index (Phi) is 5.30. The number of nitrogen functional groups attached to an aromatic ring is 1. The molecule has 2 aromatic carbocycles. The SMILES string of the molecule is CCc1ccc(OCCCOc2cccc(N)c2)cc1. The number of hydrogen-bond acceptors (Lipinski definition) is 3. The van der Waals surface area contributed by atoms with Gasteiger partial charge in [0.1, 0.15) is 11.5 Å². The largest absolute Gasteiger partial charge is 0.493 e.